The molecule has 0 N–H and O–H groups in total. The molecule has 0 radical (unpaired) electrons. The van der Waals surface area contributed by atoms with Gasteiger partial charge in [0.25, 0.3) is 0 Å². The van der Waals surface area contributed by atoms with Crippen LogP contribution in [0.15, 0.2) is 0 Å². The first kappa shape index (κ1) is 13.6. The second-order valence-electron chi connectivity index (χ2n) is 5.54. The Balaban J connectivity index is 2.76. The van der Waals surface area contributed by atoms with Gasteiger partial charge in [-0.05, 0) is 38.4 Å². The lowest BCUT2D eigenvalue weighted by molar-refractivity contribution is 0.0926. The van der Waals surface area contributed by atoms with Gasteiger partial charge in [-0.15, -0.1) is 0 Å². The van der Waals surface area contributed by atoms with Crippen molar-refractivity contribution in [3.05, 3.63) is 0 Å². The van der Waals surface area contributed by atoms with Crippen LogP contribution < -0.4 is 0 Å². The maximum absolute atomic E-state index is 5.96. The third kappa shape index (κ3) is 2.80. The minimum Gasteiger partial charge on any atom is -0.326 e. The third-order valence-electron chi connectivity index (χ3n) is 3.09. The van der Waals surface area contributed by atoms with Crippen molar-refractivity contribution >= 4 is 18.4 Å². The fourth-order valence-electron chi connectivity index (χ4n) is 1.71. The van der Waals surface area contributed by atoms with Crippen LogP contribution in [0.25, 0.3) is 0 Å². The van der Waals surface area contributed by atoms with E-state index >= 15 is 0 Å². The summed E-state index contributed by atoms with van der Waals surface area (Å²) in [6, 6.07) is 0. The lowest BCUT2D eigenvalue weighted by Crippen LogP contribution is -2.42. The second-order valence-corrected chi connectivity index (χ2v) is 9.69. The summed E-state index contributed by atoms with van der Waals surface area (Å²) >= 11 is 5.62. The highest BCUT2D eigenvalue weighted by Crippen LogP contribution is 2.56. The molecular weight excluding hydrogens is 227 g/mol. The normalized spacial score (nSPS) is 34.7. The maximum atomic E-state index is 5.96. The molecule has 1 aliphatic heterocycles. The van der Waals surface area contributed by atoms with E-state index in [2.05, 4.69) is 37.2 Å². The number of rotatable bonds is 1. The lowest BCUT2D eigenvalue weighted by Gasteiger charge is -2.46. The molecule has 0 aliphatic carbocycles. The van der Waals surface area contributed by atoms with E-state index in [9.17, 15) is 0 Å². The summed E-state index contributed by atoms with van der Waals surface area (Å²) in [6.45, 7) is 6.74. The highest BCUT2D eigenvalue weighted by atomic mass is 32.5. The molecule has 1 saturated heterocycles. The minimum atomic E-state index is -1.88. The van der Waals surface area contributed by atoms with Gasteiger partial charge in [-0.25, -0.2) is 9.34 Å². The zero-order valence-electron chi connectivity index (χ0n) is 10.6. The van der Waals surface area contributed by atoms with Crippen LogP contribution in [0.1, 0.15) is 20.8 Å². The summed E-state index contributed by atoms with van der Waals surface area (Å²) in [5.41, 5.74) is 0.293. The van der Waals surface area contributed by atoms with Crippen molar-refractivity contribution in [3.63, 3.8) is 0 Å². The number of hydrogen-bond acceptors (Lipinski definition) is 2. The van der Waals surface area contributed by atoms with Gasteiger partial charge in [-0.3, -0.25) is 0 Å². The van der Waals surface area contributed by atoms with E-state index in [4.69, 9.17) is 16.3 Å². The van der Waals surface area contributed by atoms with Crippen molar-refractivity contribution in [3.8, 4) is 0 Å². The van der Waals surface area contributed by atoms with Gasteiger partial charge < -0.3 is 4.52 Å². The summed E-state index contributed by atoms with van der Waals surface area (Å²) in [7, 11) is 6.10. The van der Waals surface area contributed by atoms with E-state index in [0.717, 1.165) is 13.2 Å². The van der Waals surface area contributed by atoms with Gasteiger partial charge in [0.05, 0.1) is 6.61 Å². The Hall–Kier alpha value is 0.530. The first-order valence-corrected chi connectivity index (χ1v) is 7.94. The number of nitrogens with zero attached hydrogens (tertiary/aromatic N) is 2. The highest BCUT2D eigenvalue weighted by molar-refractivity contribution is 8.09. The largest absolute Gasteiger partial charge is 0.326 e. The van der Waals surface area contributed by atoms with Crippen molar-refractivity contribution in [2.24, 2.45) is 11.3 Å². The van der Waals surface area contributed by atoms with E-state index in [1.807, 2.05) is 14.1 Å². The van der Waals surface area contributed by atoms with Crippen molar-refractivity contribution in [2.75, 3.05) is 34.3 Å². The fraction of sp³-hybridized carbons (Fsp3) is 1.00. The van der Waals surface area contributed by atoms with Crippen LogP contribution >= 0.6 is 6.57 Å². The van der Waals surface area contributed by atoms with Crippen LogP contribution in [0.3, 0.4) is 0 Å². The molecule has 5 heteroatoms. The first-order chi connectivity index (χ1) is 6.68. The Morgan fingerprint density at radius 1 is 1.40 bits per heavy atom. The molecular formula is C10H23N2OPS. The Morgan fingerprint density at radius 3 is 2.27 bits per heavy atom. The molecule has 0 aromatic carbocycles. The molecule has 1 aliphatic rings. The Morgan fingerprint density at radius 2 is 1.93 bits per heavy atom. The van der Waals surface area contributed by atoms with Crippen molar-refractivity contribution in [1.82, 2.24) is 9.34 Å². The molecule has 2 atom stereocenters. The summed E-state index contributed by atoms with van der Waals surface area (Å²) in [5.74, 6) is 0.568. The standard InChI is InChI=1S/C10H23N2OPS/c1-10(2,3)9-7-12(6)14(15,11(4)5)13-8-9/h9H,7-8H2,1-6H3. The SMILES string of the molecule is CN(C)P1(=S)OCC(C(C)(C)C)CN1C. The molecule has 1 fully saturated rings. The van der Waals surface area contributed by atoms with E-state index in [1.165, 1.54) is 0 Å². The fourth-order valence-corrected chi connectivity index (χ4v) is 3.90. The van der Waals surface area contributed by atoms with Crippen LogP contribution in [0.2, 0.25) is 0 Å². The van der Waals surface area contributed by atoms with Gasteiger partial charge in [0.15, 0.2) is 0 Å². The molecule has 90 valence electrons. The average molecular weight is 250 g/mol. The van der Waals surface area contributed by atoms with E-state index in [1.54, 1.807) is 0 Å². The van der Waals surface area contributed by atoms with Gasteiger partial charge in [0.1, 0.15) is 0 Å². The first-order valence-electron chi connectivity index (χ1n) is 5.32. The van der Waals surface area contributed by atoms with E-state index < -0.39 is 6.57 Å². The molecule has 3 nitrogen and oxygen atoms in total. The summed E-state index contributed by atoms with van der Waals surface area (Å²) in [5, 5.41) is 0. The lowest BCUT2D eigenvalue weighted by atomic mass is 9.81. The maximum Gasteiger partial charge on any atom is 0.202 e. The monoisotopic (exact) mass is 250 g/mol. The summed E-state index contributed by atoms with van der Waals surface area (Å²) in [6.07, 6.45) is 0. The molecule has 0 aromatic rings. The molecule has 0 saturated carbocycles. The zero-order valence-corrected chi connectivity index (χ0v) is 12.4. The average Bonchev–Trinajstić information content (AvgIpc) is 2.07. The van der Waals surface area contributed by atoms with Crippen molar-refractivity contribution in [1.29, 1.82) is 0 Å². The highest BCUT2D eigenvalue weighted by Gasteiger charge is 2.38. The molecule has 0 amide bonds. The molecule has 1 heterocycles. The van der Waals surface area contributed by atoms with Crippen LogP contribution in [-0.4, -0.2) is 43.6 Å². The second kappa shape index (κ2) is 4.42. The smallest absolute Gasteiger partial charge is 0.202 e. The van der Waals surface area contributed by atoms with Gasteiger partial charge in [-0.1, -0.05) is 20.8 Å². The molecule has 0 aromatic heterocycles. The Kier molecular flexibility index (Phi) is 4.01. The number of hydrogen-bond donors (Lipinski definition) is 0. The van der Waals surface area contributed by atoms with Crippen molar-refractivity contribution in [2.45, 2.75) is 20.8 Å². The van der Waals surface area contributed by atoms with Crippen LogP contribution in [-0.2, 0) is 16.3 Å². The minimum absolute atomic E-state index is 0.293. The Labute approximate surface area is 99.0 Å². The van der Waals surface area contributed by atoms with Gasteiger partial charge in [0, 0.05) is 12.5 Å². The van der Waals surface area contributed by atoms with Crippen LogP contribution in [0.5, 0.6) is 0 Å². The van der Waals surface area contributed by atoms with Crippen LogP contribution in [0.4, 0.5) is 0 Å². The molecule has 0 spiro atoms. The quantitative estimate of drug-likeness (QED) is 0.664. The predicted molar refractivity (Wildman–Crippen MR) is 69.5 cm³/mol. The third-order valence-corrected chi connectivity index (χ3v) is 7.75. The van der Waals surface area contributed by atoms with E-state index in [-0.39, 0.29) is 0 Å². The summed E-state index contributed by atoms with van der Waals surface area (Å²) < 4.78 is 10.2. The molecule has 1 rings (SSSR count). The Bertz CT molecular complexity index is 275. The van der Waals surface area contributed by atoms with Gasteiger partial charge >= 0.3 is 0 Å². The topological polar surface area (TPSA) is 15.7 Å². The van der Waals surface area contributed by atoms with Crippen LogP contribution in [0, 0.1) is 11.3 Å². The molecule has 15 heavy (non-hydrogen) atoms. The molecule has 2 unspecified atom stereocenters. The zero-order chi connectivity index (χ0) is 11.9. The predicted octanol–water partition coefficient (Wildman–Crippen LogP) is 2.40. The van der Waals surface area contributed by atoms with Crippen molar-refractivity contribution < 1.29 is 4.52 Å². The molecule has 0 bridgehead atoms. The van der Waals surface area contributed by atoms with Gasteiger partial charge in [-0.2, -0.15) is 0 Å². The van der Waals surface area contributed by atoms with E-state index in [0.29, 0.717) is 11.3 Å². The summed E-state index contributed by atoms with van der Waals surface area (Å²) in [4.78, 5) is 0. The van der Waals surface area contributed by atoms with Gasteiger partial charge in [0.2, 0.25) is 6.57 Å².